The Bertz CT molecular complexity index is 311. The second kappa shape index (κ2) is 8.71. The summed E-state index contributed by atoms with van der Waals surface area (Å²) >= 11 is 0. The van der Waals surface area contributed by atoms with Gasteiger partial charge in [-0.15, -0.1) is 0 Å². The van der Waals surface area contributed by atoms with Crippen LogP contribution in [0.3, 0.4) is 0 Å². The number of amides is 1. The van der Waals surface area contributed by atoms with Gasteiger partial charge in [0, 0.05) is 26.1 Å². The van der Waals surface area contributed by atoms with E-state index in [4.69, 9.17) is 10.5 Å². The number of carbonyl (C=O) groups is 1. The van der Waals surface area contributed by atoms with Crippen molar-refractivity contribution in [1.82, 2.24) is 10.2 Å². The van der Waals surface area contributed by atoms with Crippen molar-refractivity contribution in [3.05, 3.63) is 0 Å². The minimum atomic E-state index is 0.0759. The van der Waals surface area contributed by atoms with Gasteiger partial charge in [-0.05, 0) is 37.8 Å². The number of nitrogens with zero attached hydrogens (tertiary/aromatic N) is 1. The summed E-state index contributed by atoms with van der Waals surface area (Å²) in [6.45, 7) is 6.18. The quantitative estimate of drug-likeness (QED) is 0.691. The first-order valence-corrected chi connectivity index (χ1v) is 8.51. The summed E-state index contributed by atoms with van der Waals surface area (Å²) < 4.78 is 5.33. The molecule has 0 spiro atoms. The molecule has 0 atom stereocenters. The van der Waals surface area contributed by atoms with Crippen molar-refractivity contribution in [2.45, 2.75) is 44.9 Å². The summed E-state index contributed by atoms with van der Waals surface area (Å²) in [5.41, 5.74) is 6.02. The van der Waals surface area contributed by atoms with Crippen molar-refractivity contribution in [2.24, 2.45) is 11.1 Å². The van der Waals surface area contributed by atoms with Gasteiger partial charge >= 0.3 is 0 Å². The number of nitrogens with one attached hydrogen (secondary N) is 1. The second-order valence-corrected chi connectivity index (χ2v) is 6.60. The Morgan fingerprint density at radius 1 is 1.19 bits per heavy atom. The number of hydrogen-bond acceptors (Lipinski definition) is 4. The first kappa shape index (κ1) is 16.7. The van der Waals surface area contributed by atoms with E-state index in [0.717, 1.165) is 58.7 Å². The van der Waals surface area contributed by atoms with Gasteiger partial charge in [0.05, 0.1) is 13.2 Å². The minimum absolute atomic E-state index is 0.0759. The van der Waals surface area contributed by atoms with Gasteiger partial charge in [0.1, 0.15) is 0 Å². The van der Waals surface area contributed by atoms with Crippen LogP contribution in [-0.4, -0.2) is 56.7 Å². The van der Waals surface area contributed by atoms with Crippen LogP contribution in [0.4, 0.5) is 0 Å². The molecule has 21 heavy (non-hydrogen) atoms. The zero-order chi connectivity index (χ0) is 15.0. The molecule has 0 radical (unpaired) electrons. The summed E-state index contributed by atoms with van der Waals surface area (Å²) in [5, 5.41) is 3.08. The Kier molecular flexibility index (Phi) is 6.93. The van der Waals surface area contributed by atoms with Gasteiger partial charge in [0.2, 0.25) is 5.91 Å². The van der Waals surface area contributed by atoms with Crippen LogP contribution in [0, 0.1) is 5.41 Å². The zero-order valence-electron chi connectivity index (χ0n) is 13.2. The first-order chi connectivity index (χ1) is 10.2. The third-order valence-corrected chi connectivity index (χ3v) is 4.96. The summed E-state index contributed by atoms with van der Waals surface area (Å²) in [5.74, 6) is 0.185. The van der Waals surface area contributed by atoms with Gasteiger partial charge in [0.25, 0.3) is 0 Å². The molecular formula is C16H31N3O2. The molecule has 2 aliphatic rings. The Labute approximate surface area is 128 Å². The monoisotopic (exact) mass is 297 g/mol. The molecule has 2 fully saturated rings. The fraction of sp³-hybridized carbons (Fsp3) is 0.938. The second-order valence-electron chi connectivity index (χ2n) is 6.60. The van der Waals surface area contributed by atoms with Crippen molar-refractivity contribution in [2.75, 3.05) is 45.9 Å². The van der Waals surface area contributed by atoms with Gasteiger partial charge in [-0.1, -0.05) is 19.3 Å². The van der Waals surface area contributed by atoms with E-state index in [2.05, 4.69) is 10.2 Å². The van der Waals surface area contributed by atoms with E-state index in [1.54, 1.807) is 0 Å². The maximum absolute atomic E-state index is 12.1. The number of ether oxygens (including phenoxy) is 1. The van der Waals surface area contributed by atoms with Gasteiger partial charge < -0.3 is 15.8 Å². The van der Waals surface area contributed by atoms with Crippen molar-refractivity contribution < 1.29 is 9.53 Å². The standard InChI is InChI=1S/C16H31N3O2/c17-14-16(5-2-1-3-6-16)13-15(20)18-7-4-8-19-9-11-21-12-10-19/h1-14,17H2,(H,18,20). The van der Waals surface area contributed by atoms with Crippen LogP contribution in [0.25, 0.3) is 0 Å². The predicted molar refractivity (Wildman–Crippen MR) is 84.1 cm³/mol. The highest BCUT2D eigenvalue weighted by atomic mass is 16.5. The van der Waals surface area contributed by atoms with E-state index in [1.165, 1.54) is 19.3 Å². The highest BCUT2D eigenvalue weighted by Crippen LogP contribution is 2.38. The number of hydrogen-bond donors (Lipinski definition) is 2. The molecule has 0 unspecified atom stereocenters. The number of morpholine rings is 1. The van der Waals surface area contributed by atoms with Gasteiger partial charge in [0.15, 0.2) is 0 Å². The third-order valence-electron chi connectivity index (χ3n) is 4.96. The molecule has 1 amide bonds. The zero-order valence-corrected chi connectivity index (χ0v) is 13.2. The summed E-state index contributed by atoms with van der Waals surface area (Å²) in [6.07, 6.45) is 7.60. The minimum Gasteiger partial charge on any atom is -0.379 e. The maximum Gasteiger partial charge on any atom is 0.220 e. The van der Waals surface area contributed by atoms with E-state index in [0.29, 0.717) is 13.0 Å². The fourth-order valence-corrected chi connectivity index (χ4v) is 3.51. The van der Waals surface area contributed by atoms with Crippen LogP contribution >= 0.6 is 0 Å². The Morgan fingerprint density at radius 2 is 1.90 bits per heavy atom. The van der Waals surface area contributed by atoms with Crippen LogP contribution in [0.5, 0.6) is 0 Å². The van der Waals surface area contributed by atoms with Gasteiger partial charge in [-0.3, -0.25) is 9.69 Å². The molecule has 5 nitrogen and oxygen atoms in total. The Morgan fingerprint density at radius 3 is 2.57 bits per heavy atom. The molecule has 122 valence electrons. The highest BCUT2D eigenvalue weighted by molar-refractivity contribution is 5.76. The predicted octanol–water partition coefficient (Wildman–Crippen LogP) is 1.12. The van der Waals surface area contributed by atoms with Crippen LogP contribution < -0.4 is 11.1 Å². The molecule has 1 saturated heterocycles. The molecule has 0 aromatic heterocycles. The molecule has 0 bridgehead atoms. The number of rotatable bonds is 7. The average molecular weight is 297 g/mol. The summed E-state index contributed by atoms with van der Waals surface area (Å²) in [7, 11) is 0. The molecule has 2 rings (SSSR count). The van der Waals surface area contributed by atoms with Crippen molar-refractivity contribution in [3.63, 3.8) is 0 Å². The lowest BCUT2D eigenvalue weighted by atomic mass is 9.71. The lowest BCUT2D eigenvalue weighted by Gasteiger charge is -2.35. The molecule has 5 heteroatoms. The topological polar surface area (TPSA) is 67.6 Å². The molecule has 1 aliphatic heterocycles. The van der Waals surface area contributed by atoms with Crippen molar-refractivity contribution in [3.8, 4) is 0 Å². The normalized spacial score (nSPS) is 22.9. The fourth-order valence-electron chi connectivity index (χ4n) is 3.51. The Balaban J connectivity index is 1.60. The third kappa shape index (κ3) is 5.57. The summed E-state index contributed by atoms with van der Waals surface area (Å²) in [4.78, 5) is 14.5. The molecular weight excluding hydrogens is 266 g/mol. The van der Waals surface area contributed by atoms with Crippen LogP contribution in [0.2, 0.25) is 0 Å². The van der Waals surface area contributed by atoms with Crippen LogP contribution in [0.15, 0.2) is 0 Å². The van der Waals surface area contributed by atoms with E-state index in [-0.39, 0.29) is 11.3 Å². The molecule has 1 heterocycles. The molecule has 0 aromatic carbocycles. The highest BCUT2D eigenvalue weighted by Gasteiger charge is 2.32. The largest absolute Gasteiger partial charge is 0.379 e. The van der Waals surface area contributed by atoms with Crippen molar-refractivity contribution in [1.29, 1.82) is 0 Å². The number of nitrogens with two attached hydrogens (primary N) is 1. The van der Waals surface area contributed by atoms with Crippen LogP contribution in [-0.2, 0) is 9.53 Å². The van der Waals surface area contributed by atoms with Crippen molar-refractivity contribution >= 4 is 5.91 Å². The molecule has 1 aliphatic carbocycles. The van der Waals surface area contributed by atoms with Gasteiger partial charge in [-0.25, -0.2) is 0 Å². The molecule has 3 N–H and O–H groups in total. The van der Waals surface area contributed by atoms with E-state index in [9.17, 15) is 4.79 Å². The first-order valence-electron chi connectivity index (χ1n) is 8.51. The number of carbonyl (C=O) groups excluding carboxylic acids is 1. The molecule has 1 saturated carbocycles. The summed E-state index contributed by atoms with van der Waals surface area (Å²) in [6, 6.07) is 0. The van der Waals surface area contributed by atoms with Gasteiger partial charge in [-0.2, -0.15) is 0 Å². The van der Waals surface area contributed by atoms with E-state index in [1.807, 2.05) is 0 Å². The van der Waals surface area contributed by atoms with E-state index >= 15 is 0 Å². The lowest BCUT2D eigenvalue weighted by Crippen LogP contribution is -2.40. The smallest absolute Gasteiger partial charge is 0.220 e. The van der Waals surface area contributed by atoms with E-state index < -0.39 is 0 Å². The molecule has 0 aromatic rings. The lowest BCUT2D eigenvalue weighted by molar-refractivity contribution is -0.123. The SMILES string of the molecule is NCC1(CC(=O)NCCCN2CCOCC2)CCCCC1. The van der Waals surface area contributed by atoms with Crippen LogP contribution in [0.1, 0.15) is 44.9 Å². The Hall–Kier alpha value is -0.650. The maximum atomic E-state index is 12.1. The average Bonchev–Trinajstić information content (AvgIpc) is 2.53.